The van der Waals surface area contributed by atoms with E-state index in [4.69, 9.17) is 17.0 Å². The van der Waals surface area contributed by atoms with E-state index in [0.29, 0.717) is 4.77 Å². The second-order valence-corrected chi connectivity index (χ2v) is 5.44. The van der Waals surface area contributed by atoms with Gasteiger partial charge in [0.25, 0.3) is 0 Å². The van der Waals surface area contributed by atoms with Crippen molar-refractivity contribution < 1.29 is 4.74 Å². The first kappa shape index (κ1) is 12.8. The highest BCUT2D eigenvalue weighted by atomic mass is 79.9. The molecule has 0 aliphatic rings. The average Bonchev–Trinajstić information content (AvgIpc) is 2.60. The minimum atomic E-state index is 0.549. The highest BCUT2D eigenvalue weighted by Crippen LogP contribution is 2.33. The molecule has 0 aliphatic heterocycles. The fourth-order valence-electron chi connectivity index (χ4n) is 1.51. The minimum Gasteiger partial charge on any atom is -0.495 e. The first-order chi connectivity index (χ1) is 8.04. The number of nitrogens with zero attached hydrogens (tertiary/aromatic N) is 2. The van der Waals surface area contributed by atoms with Crippen LogP contribution in [0.1, 0.15) is 5.82 Å². The molecule has 0 fully saturated rings. The van der Waals surface area contributed by atoms with Crippen LogP contribution in [0.4, 0.5) is 0 Å². The van der Waals surface area contributed by atoms with Crippen molar-refractivity contribution in [2.75, 3.05) is 7.11 Å². The van der Waals surface area contributed by atoms with Crippen LogP contribution in [0, 0.1) is 11.7 Å². The summed E-state index contributed by atoms with van der Waals surface area (Å²) in [5.74, 6) is 1.53. The Morgan fingerprint density at radius 1 is 1.35 bits per heavy atom. The minimum absolute atomic E-state index is 0.549. The largest absolute Gasteiger partial charge is 0.495 e. The van der Waals surface area contributed by atoms with Gasteiger partial charge in [-0.25, -0.2) is 0 Å². The van der Waals surface area contributed by atoms with Crippen molar-refractivity contribution in [3.8, 4) is 11.4 Å². The standard InChI is InChI=1S/C10H9Br2N3OS/c1-5-13-14-10(17)15(5)8-4-9(16-2)7(12)3-6(8)11/h3-4H,1-2H3,(H,14,17). The maximum Gasteiger partial charge on any atom is 0.199 e. The number of hydrogen-bond acceptors (Lipinski definition) is 3. The molecule has 7 heteroatoms. The molecule has 0 unspecified atom stereocenters. The number of aromatic amines is 1. The van der Waals surface area contributed by atoms with Crippen molar-refractivity contribution in [2.45, 2.75) is 6.92 Å². The summed E-state index contributed by atoms with van der Waals surface area (Å²) in [7, 11) is 1.62. The van der Waals surface area contributed by atoms with Crippen molar-refractivity contribution >= 4 is 44.1 Å². The Kier molecular flexibility index (Phi) is 3.70. The van der Waals surface area contributed by atoms with E-state index in [0.717, 1.165) is 26.2 Å². The smallest absolute Gasteiger partial charge is 0.199 e. The van der Waals surface area contributed by atoms with Crippen LogP contribution in [-0.2, 0) is 0 Å². The fourth-order valence-corrected chi connectivity index (χ4v) is 3.11. The molecule has 17 heavy (non-hydrogen) atoms. The molecule has 2 aromatic rings. The predicted molar refractivity (Wildman–Crippen MR) is 75.4 cm³/mol. The monoisotopic (exact) mass is 377 g/mol. The number of rotatable bonds is 2. The van der Waals surface area contributed by atoms with Crippen molar-refractivity contribution in [2.24, 2.45) is 0 Å². The first-order valence-electron chi connectivity index (χ1n) is 4.72. The zero-order valence-corrected chi connectivity index (χ0v) is 13.1. The van der Waals surface area contributed by atoms with Crippen molar-refractivity contribution in [1.29, 1.82) is 0 Å². The topological polar surface area (TPSA) is 42.8 Å². The number of ether oxygens (including phenoxy) is 1. The van der Waals surface area contributed by atoms with Gasteiger partial charge in [0.1, 0.15) is 11.6 Å². The Morgan fingerprint density at radius 2 is 2.06 bits per heavy atom. The van der Waals surface area contributed by atoms with Crippen LogP contribution in [0.2, 0.25) is 0 Å². The Labute approximate surface area is 120 Å². The van der Waals surface area contributed by atoms with Crippen molar-refractivity contribution in [1.82, 2.24) is 14.8 Å². The summed E-state index contributed by atoms with van der Waals surface area (Å²) in [6.45, 7) is 1.88. The molecule has 1 aromatic carbocycles. The highest BCUT2D eigenvalue weighted by Gasteiger charge is 2.12. The molecule has 1 aromatic heterocycles. The van der Waals surface area contributed by atoms with Gasteiger partial charge in [-0.05, 0) is 57.1 Å². The quantitative estimate of drug-likeness (QED) is 0.808. The van der Waals surface area contributed by atoms with E-state index in [2.05, 4.69) is 42.1 Å². The Morgan fingerprint density at radius 3 is 2.59 bits per heavy atom. The Balaban J connectivity index is 2.72. The summed E-state index contributed by atoms with van der Waals surface area (Å²) in [6, 6.07) is 3.81. The zero-order valence-electron chi connectivity index (χ0n) is 9.12. The van der Waals surface area contributed by atoms with Crippen LogP contribution in [-0.4, -0.2) is 21.9 Å². The van der Waals surface area contributed by atoms with E-state index < -0.39 is 0 Å². The second kappa shape index (κ2) is 4.91. The van der Waals surface area contributed by atoms with E-state index in [-0.39, 0.29) is 0 Å². The molecule has 90 valence electrons. The van der Waals surface area contributed by atoms with Crippen molar-refractivity contribution in [3.63, 3.8) is 0 Å². The maximum atomic E-state index is 5.27. The zero-order chi connectivity index (χ0) is 12.6. The van der Waals surface area contributed by atoms with Gasteiger partial charge in [-0.1, -0.05) is 0 Å². The van der Waals surface area contributed by atoms with Crippen LogP contribution in [0.3, 0.4) is 0 Å². The second-order valence-electron chi connectivity index (χ2n) is 3.35. The van der Waals surface area contributed by atoms with Gasteiger partial charge in [-0.3, -0.25) is 9.67 Å². The summed E-state index contributed by atoms with van der Waals surface area (Å²) in [6.07, 6.45) is 0. The Bertz CT molecular complexity index is 620. The lowest BCUT2D eigenvalue weighted by Gasteiger charge is -2.10. The van der Waals surface area contributed by atoms with Crippen LogP contribution in [0.25, 0.3) is 5.69 Å². The molecule has 0 saturated heterocycles. The molecular formula is C10H9Br2N3OS. The van der Waals surface area contributed by atoms with E-state index in [1.54, 1.807) is 7.11 Å². The molecule has 0 atom stereocenters. The lowest BCUT2D eigenvalue weighted by molar-refractivity contribution is 0.412. The van der Waals surface area contributed by atoms with Crippen molar-refractivity contribution in [3.05, 3.63) is 31.7 Å². The van der Waals surface area contributed by atoms with Gasteiger partial charge in [0.2, 0.25) is 0 Å². The third kappa shape index (κ3) is 2.31. The molecule has 0 aliphatic carbocycles. The molecule has 1 heterocycles. The summed E-state index contributed by atoms with van der Waals surface area (Å²) >= 11 is 12.1. The number of aromatic nitrogens is 3. The lowest BCUT2D eigenvalue weighted by atomic mass is 10.3. The van der Waals surface area contributed by atoms with Gasteiger partial charge in [0.05, 0.1) is 17.3 Å². The van der Waals surface area contributed by atoms with Gasteiger partial charge in [-0.15, -0.1) is 0 Å². The number of H-pyrrole nitrogens is 1. The Hall–Kier alpha value is -0.660. The predicted octanol–water partition coefficient (Wildman–Crippen LogP) is 3.77. The molecule has 4 nitrogen and oxygen atoms in total. The van der Waals surface area contributed by atoms with Crippen LogP contribution in [0.15, 0.2) is 21.1 Å². The number of aryl methyl sites for hydroxylation is 1. The molecule has 0 radical (unpaired) electrons. The van der Waals surface area contributed by atoms with Gasteiger partial charge < -0.3 is 4.74 Å². The molecule has 2 rings (SSSR count). The summed E-state index contributed by atoms with van der Waals surface area (Å²) in [4.78, 5) is 0. The van der Waals surface area contributed by atoms with E-state index >= 15 is 0 Å². The van der Waals surface area contributed by atoms with Gasteiger partial charge >= 0.3 is 0 Å². The first-order valence-corrected chi connectivity index (χ1v) is 6.71. The maximum absolute atomic E-state index is 5.27. The third-order valence-electron chi connectivity index (χ3n) is 2.30. The summed E-state index contributed by atoms with van der Waals surface area (Å²) < 4.78 is 9.45. The van der Waals surface area contributed by atoms with Gasteiger partial charge in [0.15, 0.2) is 4.77 Å². The average molecular weight is 379 g/mol. The van der Waals surface area contributed by atoms with E-state index in [1.807, 2.05) is 23.6 Å². The lowest BCUT2D eigenvalue weighted by Crippen LogP contribution is -1.99. The third-order valence-corrected chi connectivity index (χ3v) is 3.83. The number of halogens is 2. The van der Waals surface area contributed by atoms with Crippen LogP contribution < -0.4 is 4.74 Å². The number of methoxy groups -OCH3 is 1. The molecule has 0 spiro atoms. The molecule has 1 N–H and O–H groups in total. The van der Waals surface area contributed by atoms with E-state index in [9.17, 15) is 0 Å². The number of nitrogens with one attached hydrogen (secondary N) is 1. The van der Waals surface area contributed by atoms with E-state index in [1.165, 1.54) is 0 Å². The molecular weight excluding hydrogens is 370 g/mol. The molecule has 0 bridgehead atoms. The SMILES string of the molecule is COc1cc(-n2c(C)n[nH]c2=S)c(Br)cc1Br. The van der Waals surface area contributed by atoms with Crippen LogP contribution in [0.5, 0.6) is 5.75 Å². The summed E-state index contributed by atoms with van der Waals surface area (Å²) in [5.41, 5.74) is 0.890. The van der Waals surface area contributed by atoms with Gasteiger partial charge in [0, 0.05) is 10.5 Å². The summed E-state index contributed by atoms with van der Waals surface area (Å²) in [5, 5.41) is 6.84. The number of hydrogen-bond donors (Lipinski definition) is 1. The van der Waals surface area contributed by atoms with Crippen LogP contribution >= 0.6 is 44.1 Å². The fraction of sp³-hybridized carbons (Fsp3) is 0.200. The molecule has 0 amide bonds. The number of benzene rings is 1. The highest BCUT2D eigenvalue weighted by molar-refractivity contribution is 9.11. The normalized spacial score (nSPS) is 10.6. The van der Waals surface area contributed by atoms with Gasteiger partial charge in [-0.2, -0.15) is 5.10 Å². The molecule has 0 saturated carbocycles.